The van der Waals surface area contributed by atoms with E-state index in [1.807, 2.05) is 0 Å². The lowest BCUT2D eigenvalue weighted by Crippen LogP contribution is -2.22. The Morgan fingerprint density at radius 2 is 2.21 bits per heavy atom. The quantitative estimate of drug-likeness (QED) is 0.277. The van der Waals surface area contributed by atoms with Crippen LogP contribution in [0.4, 0.5) is 10.1 Å². The van der Waals surface area contributed by atoms with Gasteiger partial charge in [-0.15, -0.1) is 0 Å². The zero-order valence-corrected chi connectivity index (χ0v) is 9.89. The molecule has 19 heavy (non-hydrogen) atoms. The van der Waals surface area contributed by atoms with Crippen LogP contribution in [-0.4, -0.2) is 27.8 Å². The highest BCUT2D eigenvalue weighted by molar-refractivity contribution is 5.42. The highest BCUT2D eigenvalue weighted by atomic mass is 19.1. The van der Waals surface area contributed by atoms with Crippen molar-refractivity contribution in [3.05, 3.63) is 49.6 Å². The molecule has 9 heteroatoms. The van der Waals surface area contributed by atoms with Gasteiger partial charge < -0.3 is 10.2 Å². The topological polar surface area (TPSA) is 132 Å². The van der Waals surface area contributed by atoms with Gasteiger partial charge >= 0.3 is 5.69 Å². The van der Waals surface area contributed by atoms with E-state index in [0.29, 0.717) is 0 Å². The molecule has 1 rings (SSSR count). The van der Waals surface area contributed by atoms with E-state index >= 15 is 0 Å². The van der Waals surface area contributed by atoms with Gasteiger partial charge in [-0.1, -0.05) is 5.11 Å². The molecule has 2 N–H and O–H groups in total. The lowest BCUT2D eigenvalue weighted by Gasteiger charge is -2.18. The van der Waals surface area contributed by atoms with Crippen LogP contribution >= 0.6 is 0 Å². The van der Waals surface area contributed by atoms with Crippen LogP contribution in [0.5, 0.6) is 0 Å². The fourth-order valence-corrected chi connectivity index (χ4v) is 1.57. The molecule has 1 aromatic carbocycles. The van der Waals surface area contributed by atoms with Crippen molar-refractivity contribution in [3.63, 3.8) is 0 Å². The molecule has 102 valence electrons. The number of benzene rings is 1. The predicted octanol–water partition coefficient (Wildman–Crippen LogP) is 1.75. The zero-order valence-electron chi connectivity index (χ0n) is 9.89. The molecule has 0 amide bonds. The van der Waals surface area contributed by atoms with Crippen molar-refractivity contribution in [2.24, 2.45) is 5.11 Å². The summed E-state index contributed by atoms with van der Waals surface area (Å²) in [6.07, 6.45) is -2.92. The molecule has 0 aliphatic rings. The van der Waals surface area contributed by atoms with Crippen molar-refractivity contribution in [2.45, 2.75) is 19.1 Å². The molecule has 0 saturated heterocycles. The first-order valence-electron chi connectivity index (χ1n) is 5.20. The summed E-state index contributed by atoms with van der Waals surface area (Å²) < 4.78 is 13.4. The summed E-state index contributed by atoms with van der Waals surface area (Å²) in [4.78, 5) is 12.1. The van der Waals surface area contributed by atoms with Gasteiger partial charge in [0.2, 0.25) is 5.82 Å². The molecule has 8 nitrogen and oxygen atoms in total. The molecular formula is C10H11FN4O4. The molecule has 1 aromatic rings. The second-order valence-electron chi connectivity index (χ2n) is 3.84. The average Bonchev–Trinajstić information content (AvgIpc) is 2.36. The molecule has 0 saturated carbocycles. The Morgan fingerprint density at radius 1 is 1.58 bits per heavy atom. The Labute approximate surface area is 106 Å². The van der Waals surface area contributed by atoms with Gasteiger partial charge in [0.25, 0.3) is 0 Å². The molecule has 2 unspecified atom stereocenters. The minimum atomic E-state index is -1.50. The number of nitro groups is 1. The minimum absolute atomic E-state index is 0.00346. The van der Waals surface area contributed by atoms with Crippen LogP contribution in [0.15, 0.2) is 17.2 Å². The summed E-state index contributed by atoms with van der Waals surface area (Å²) in [6.45, 7) is 1.04. The minimum Gasteiger partial charge on any atom is -0.390 e. The van der Waals surface area contributed by atoms with Crippen molar-refractivity contribution in [1.82, 2.24) is 0 Å². The summed E-state index contributed by atoms with van der Waals surface area (Å²) in [7, 11) is 0. The molecule has 0 aliphatic carbocycles. The number of hydrogen-bond acceptors (Lipinski definition) is 5. The first kappa shape index (κ1) is 14.8. The van der Waals surface area contributed by atoms with E-state index in [1.54, 1.807) is 0 Å². The number of nitro benzene ring substituents is 1. The molecule has 0 radical (unpaired) electrons. The van der Waals surface area contributed by atoms with Gasteiger partial charge in [0, 0.05) is 11.0 Å². The van der Waals surface area contributed by atoms with Crippen molar-refractivity contribution in [2.75, 3.05) is 6.54 Å². The van der Waals surface area contributed by atoms with E-state index in [0.717, 1.165) is 12.1 Å². The Morgan fingerprint density at radius 3 is 2.74 bits per heavy atom. The van der Waals surface area contributed by atoms with Crippen LogP contribution in [0.3, 0.4) is 0 Å². The lowest BCUT2D eigenvalue weighted by atomic mass is 9.98. The van der Waals surface area contributed by atoms with E-state index in [1.165, 1.54) is 6.92 Å². The normalized spacial score (nSPS) is 13.5. The largest absolute Gasteiger partial charge is 0.390 e. The number of aliphatic hydroxyl groups is 2. The van der Waals surface area contributed by atoms with Crippen LogP contribution in [0.1, 0.15) is 17.2 Å². The van der Waals surface area contributed by atoms with E-state index in [-0.39, 0.29) is 11.1 Å². The number of aryl methyl sites for hydroxylation is 1. The summed E-state index contributed by atoms with van der Waals surface area (Å²) in [5.41, 5.74) is 7.64. The van der Waals surface area contributed by atoms with Crippen LogP contribution in [0.25, 0.3) is 10.4 Å². The highest BCUT2D eigenvalue weighted by Crippen LogP contribution is 2.27. The third-order valence-electron chi connectivity index (χ3n) is 2.55. The lowest BCUT2D eigenvalue weighted by molar-refractivity contribution is -0.387. The van der Waals surface area contributed by atoms with Crippen molar-refractivity contribution in [3.8, 4) is 0 Å². The number of nitrogens with zero attached hydrogens (tertiary/aromatic N) is 4. The fourth-order valence-electron chi connectivity index (χ4n) is 1.57. The van der Waals surface area contributed by atoms with E-state index in [2.05, 4.69) is 10.0 Å². The maximum atomic E-state index is 13.4. The second kappa shape index (κ2) is 6.10. The Kier molecular flexibility index (Phi) is 4.76. The molecule has 2 atom stereocenters. The standard InChI is InChI=1S/C10H11FN4O4/c1-5-2-8(15(18)19)7(11)3-6(5)10(17)9(16)4-13-14-12/h2-3,9-10,16-17H,4H2,1H3. The van der Waals surface area contributed by atoms with Crippen LogP contribution in [0, 0.1) is 22.9 Å². The Hall–Kier alpha value is -2.22. The molecule has 0 bridgehead atoms. The average molecular weight is 270 g/mol. The van der Waals surface area contributed by atoms with E-state index < -0.39 is 35.2 Å². The van der Waals surface area contributed by atoms with Gasteiger partial charge in [0.1, 0.15) is 6.10 Å². The monoisotopic (exact) mass is 270 g/mol. The second-order valence-corrected chi connectivity index (χ2v) is 3.84. The Balaban J connectivity index is 3.10. The van der Waals surface area contributed by atoms with Crippen molar-refractivity contribution >= 4 is 5.69 Å². The van der Waals surface area contributed by atoms with Crippen molar-refractivity contribution < 1.29 is 19.5 Å². The first-order valence-corrected chi connectivity index (χ1v) is 5.20. The number of rotatable bonds is 5. The number of azide groups is 1. The van der Waals surface area contributed by atoms with Gasteiger partial charge in [-0.05, 0) is 29.6 Å². The number of aliphatic hydroxyl groups excluding tert-OH is 2. The fraction of sp³-hybridized carbons (Fsp3) is 0.400. The van der Waals surface area contributed by atoms with Crippen LogP contribution < -0.4 is 0 Å². The highest BCUT2D eigenvalue weighted by Gasteiger charge is 2.24. The maximum Gasteiger partial charge on any atom is 0.305 e. The third kappa shape index (κ3) is 3.38. The summed E-state index contributed by atoms with van der Waals surface area (Å²) in [6, 6.07) is 1.76. The van der Waals surface area contributed by atoms with E-state index in [4.69, 9.17) is 5.53 Å². The van der Waals surface area contributed by atoms with E-state index in [9.17, 15) is 24.7 Å². The predicted molar refractivity (Wildman–Crippen MR) is 62.8 cm³/mol. The molecule has 0 heterocycles. The summed E-state index contributed by atoms with van der Waals surface area (Å²) in [5.74, 6) is -1.11. The molecule has 0 aromatic heterocycles. The molecule has 0 aliphatic heterocycles. The zero-order chi connectivity index (χ0) is 14.6. The van der Waals surface area contributed by atoms with Crippen LogP contribution in [0.2, 0.25) is 0 Å². The summed E-state index contributed by atoms with van der Waals surface area (Å²) >= 11 is 0. The molecular weight excluding hydrogens is 259 g/mol. The SMILES string of the molecule is Cc1cc([N+](=O)[O-])c(F)cc1C(O)C(O)CN=[N+]=[N-]. The smallest absolute Gasteiger partial charge is 0.305 e. The number of halogens is 1. The van der Waals surface area contributed by atoms with Gasteiger partial charge in [0.05, 0.1) is 17.6 Å². The van der Waals surface area contributed by atoms with Crippen molar-refractivity contribution in [1.29, 1.82) is 0 Å². The molecule has 0 spiro atoms. The summed E-state index contributed by atoms with van der Waals surface area (Å²) in [5, 5.41) is 32.9. The first-order chi connectivity index (χ1) is 8.88. The third-order valence-corrected chi connectivity index (χ3v) is 2.55. The Bertz CT molecular complexity index is 545. The van der Waals surface area contributed by atoms with Gasteiger partial charge in [-0.2, -0.15) is 4.39 Å². The van der Waals surface area contributed by atoms with Gasteiger partial charge in [-0.3, -0.25) is 10.1 Å². The van der Waals surface area contributed by atoms with Crippen LogP contribution in [-0.2, 0) is 0 Å². The number of hydrogen-bond donors (Lipinski definition) is 2. The maximum absolute atomic E-state index is 13.4. The molecule has 0 fully saturated rings. The van der Waals surface area contributed by atoms with Gasteiger partial charge in [0.15, 0.2) is 0 Å². The van der Waals surface area contributed by atoms with Gasteiger partial charge in [-0.25, -0.2) is 0 Å².